The SMILES string of the molecule is CC(C)C#CCN1CCOC(CNC(=O)C(C)C)C1. The molecule has 1 saturated heterocycles. The number of morpholine rings is 1. The Morgan fingerprint density at radius 3 is 2.79 bits per heavy atom. The maximum Gasteiger partial charge on any atom is 0.222 e. The van der Waals surface area contributed by atoms with E-state index in [1.54, 1.807) is 0 Å². The normalized spacial score (nSPS) is 20.2. The molecule has 0 saturated carbocycles. The fraction of sp³-hybridized carbons (Fsp3) is 0.800. The maximum absolute atomic E-state index is 11.5. The molecule has 19 heavy (non-hydrogen) atoms. The van der Waals surface area contributed by atoms with E-state index in [0.717, 1.165) is 19.6 Å². The van der Waals surface area contributed by atoms with Crippen molar-refractivity contribution >= 4 is 5.91 Å². The largest absolute Gasteiger partial charge is 0.374 e. The molecule has 1 rings (SSSR count). The standard InChI is InChI=1S/C15H26N2O2/c1-12(2)6-5-7-17-8-9-19-14(11-17)10-16-15(18)13(3)4/h12-14H,7-11H2,1-4H3,(H,16,18). The van der Waals surface area contributed by atoms with Crippen LogP contribution in [-0.4, -0.2) is 49.7 Å². The van der Waals surface area contributed by atoms with Crippen molar-refractivity contribution in [2.45, 2.75) is 33.8 Å². The van der Waals surface area contributed by atoms with Gasteiger partial charge in [-0.05, 0) is 0 Å². The van der Waals surface area contributed by atoms with Gasteiger partial charge in [0.05, 0.1) is 19.3 Å². The van der Waals surface area contributed by atoms with Crippen molar-refractivity contribution in [1.29, 1.82) is 0 Å². The van der Waals surface area contributed by atoms with Crippen LogP contribution >= 0.6 is 0 Å². The zero-order valence-electron chi connectivity index (χ0n) is 12.5. The molecule has 0 radical (unpaired) electrons. The van der Waals surface area contributed by atoms with Crippen molar-refractivity contribution in [1.82, 2.24) is 10.2 Å². The first kappa shape index (κ1) is 16.0. The Kier molecular flexibility index (Phi) is 6.90. The van der Waals surface area contributed by atoms with Crippen molar-refractivity contribution in [2.75, 3.05) is 32.8 Å². The van der Waals surface area contributed by atoms with Crippen LogP contribution in [-0.2, 0) is 9.53 Å². The van der Waals surface area contributed by atoms with E-state index < -0.39 is 0 Å². The fourth-order valence-corrected chi connectivity index (χ4v) is 1.83. The Morgan fingerprint density at radius 1 is 1.42 bits per heavy atom. The zero-order chi connectivity index (χ0) is 14.3. The second kappa shape index (κ2) is 8.19. The van der Waals surface area contributed by atoms with Crippen LogP contribution in [0.4, 0.5) is 0 Å². The van der Waals surface area contributed by atoms with Gasteiger partial charge in [-0.25, -0.2) is 0 Å². The van der Waals surface area contributed by atoms with Crippen LogP contribution < -0.4 is 5.32 Å². The number of carbonyl (C=O) groups is 1. The van der Waals surface area contributed by atoms with Crippen LogP contribution in [0, 0.1) is 23.7 Å². The maximum atomic E-state index is 11.5. The van der Waals surface area contributed by atoms with Gasteiger partial charge in [-0.15, -0.1) is 0 Å². The Labute approximate surface area is 116 Å². The fourth-order valence-electron chi connectivity index (χ4n) is 1.83. The average Bonchev–Trinajstić information content (AvgIpc) is 2.36. The van der Waals surface area contributed by atoms with E-state index in [1.165, 1.54) is 0 Å². The third-order valence-corrected chi connectivity index (χ3v) is 2.94. The van der Waals surface area contributed by atoms with Gasteiger partial charge in [0.1, 0.15) is 0 Å². The topological polar surface area (TPSA) is 41.6 Å². The first-order valence-electron chi connectivity index (χ1n) is 7.09. The molecular weight excluding hydrogens is 240 g/mol. The molecular formula is C15H26N2O2. The summed E-state index contributed by atoms with van der Waals surface area (Å²) in [7, 11) is 0. The van der Waals surface area contributed by atoms with E-state index in [-0.39, 0.29) is 17.9 Å². The van der Waals surface area contributed by atoms with Gasteiger partial charge >= 0.3 is 0 Å². The molecule has 0 aromatic heterocycles. The molecule has 108 valence electrons. The zero-order valence-corrected chi connectivity index (χ0v) is 12.5. The molecule has 0 aromatic carbocycles. The molecule has 0 aromatic rings. The molecule has 0 aliphatic carbocycles. The quantitative estimate of drug-likeness (QED) is 0.775. The minimum absolute atomic E-state index is 0.0246. The summed E-state index contributed by atoms with van der Waals surface area (Å²) in [6.07, 6.45) is 0.0808. The Morgan fingerprint density at radius 2 is 2.16 bits per heavy atom. The number of nitrogens with one attached hydrogen (secondary N) is 1. The summed E-state index contributed by atoms with van der Waals surface area (Å²) < 4.78 is 5.66. The second-order valence-corrected chi connectivity index (χ2v) is 5.60. The number of amides is 1. The smallest absolute Gasteiger partial charge is 0.222 e. The van der Waals surface area contributed by atoms with E-state index in [4.69, 9.17) is 4.74 Å². The van der Waals surface area contributed by atoms with Gasteiger partial charge < -0.3 is 10.1 Å². The number of hydrogen-bond acceptors (Lipinski definition) is 3. The molecule has 4 nitrogen and oxygen atoms in total. The highest BCUT2D eigenvalue weighted by molar-refractivity contribution is 5.77. The van der Waals surface area contributed by atoms with E-state index in [2.05, 4.69) is 35.9 Å². The number of hydrogen-bond donors (Lipinski definition) is 1. The number of ether oxygens (including phenoxy) is 1. The van der Waals surface area contributed by atoms with Gasteiger partial charge in [-0.1, -0.05) is 39.5 Å². The average molecular weight is 266 g/mol. The van der Waals surface area contributed by atoms with Crippen molar-refractivity contribution in [3.05, 3.63) is 0 Å². The summed E-state index contributed by atoms with van der Waals surface area (Å²) in [6, 6.07) is 0. The summed E-state index contributed by atoms with van der Waals surface area (Å²) in [5.74, 6) is 6.89. The molecule has 1 heterocycles. The molecule has 0 bridgehead atoms. The van der Waals surface area contributed by atoms with Crippen LogP contribution in [0.5, 0.6) is 0 Å². The Bertz CT molecular complexity index is 342. The highest BCUT2D eigenvalue weighted by Gasteiger charge is 2.20. The molecule has 1 aliphatic rings. The lowest BCUT2D eigenvalue weighted by Gasteiger charge is -2.31. The van der Waals surface area contributed by atoms with Crippen LogP contribution in [0.2, 0.25) is 0 Å². The lowest BCUT2D eigenvalue weighted by molar-refractivity contribution is -0.125. The van der Waals surface area contributed by atoms with Crippen molar-refractivity contribution < 1.29 is 9.53 Å². The minimum atomic E-state index is 0.0246. The first-order valence-corrected chi connectivity index (χ1v) is 7.09. The van der Waals surface area contributed by atoms with Gasteiger partial charge in [0, 0.05) is 31.5 Å². The highest BCUT2D eigenvalue weighted by Crippen LogP contribution is 2.04. The summed E-state index contributed by atoms with van der Waals surface area (Å²) in [6.45, 7) is 11.8. The molecule has 0 spiro atoms. The monoisotopic (exact) mass is 266 g/mol. The number of nitrogens with zero attached hydrogens (tertiary/aromatic N) is 1. The number of carbonyl (C=O) groups excluding carboxylic acids is 1. The molecule has 4 heteroatoms. The third-order valence-electron chi connectivity index (χ3n) is 2.94. The van der Waals surface area contributed by atoms with Gasteiger partial charge in [-0.3, -0.25) is 9.69 Å². The van der Waals surface area contributed by atoms with Gasteiger partial charge in [0.2, 0.25) is 5.91 Å². The van der Waals surface area contributed by atoms with Crippen molar-refractivity contribution in [3.63, 3.8) is 0 Å². The Hall–Kier alpha value is -1.05. The highest BCUT2D eigenvalue weighted by atomic mass is 16.5. The van der Waals surface area contributed by atoms with Crippen LogP contribution in [0.3, 0.4) is 0 Å². The van der Waals surface area contributed by atoms with Gasteiger partial charge in [-0.2, -0.15) is 0 Å². The minimum Gasteiger partial charge on any atom is -0.374 e. The predicted octanol–water partition coefficient (Wildman–Crippen LogP) is 1.12. The van der Waals surface area contributed by atoms with Crippen LogP contribution in [0.15, 0.2) is 0 Å². The number of rotatable bonds is 4. The molecule has 1 N–H and O–H groups in total. The van der Waals surface area contributed by atoms with E-state index >= 15 is 0 Å². The van der Waals surface area contributed by atoms with E-state index in [1.807, 2.05) is 13.8 Å². The van der Waals surface area contributed by atoms with E-state index in [9.17, 15) is 4.79 Å². The lowest BCUT2D eigenvalue weighted by atomic mass is 10.2. The molecule has 1 aliphatic heterocycles. The second-order valence-electron chi connectivity index (χ2n) is 5.60. The van der Waals surface area contributed by atoms with Crippen molar-refractivity contribution in [3.8, 4) is 11.8 Å². The Balaban J connectivity index is 2.30. The summed E-state index contributed by atoms with van der Waals surface area (Å²) in [5, 5.41) is 2.92. The molecule has 1 unspecified atom stereocenters. The van der Waals surface area contributed by atoms with Gasteiger partial charge in [0.15, 0.2) is 0 Å². The van der Waals surface area contributed by atoms with Crippen LogP contribution in [0.1, 0.15) is 27.7 Å². The summed E-state index contributed by atoms with van der Waals surface area (Å²) in [5.41, 5.74) is 0. The molecule has 1 amide bonds. The van der Waals surface area contributed by atoms with E-state index in [0.29, 0.717) is 19.1 Å². The summed E-state index contributed by atoms with van der Waals surface area (Å²) in [4.78, 5) is 13.8. The lowest BCUT2D eigenvalue weighted by Crippen LogP contribution is -2.48. The predicted molar refractivity (Wildman–Crippen MR) is 76.6 cm³/mol. The van der Waals surface area contributed by atoms with Crippen molar-refractivity contribution in [2.24, 2.45) is 11.8 Å². The third kappa shape index (κ3) is 6.60. The first-order chi connectivity index (χ1) is 8.99. The van der Waals surface area contributed by atoms with Gasteiger partial charge in [0.25, 0.3) is 0 Å². The molecule has 1 atom stereocenters. The molecule has 1 fully saturated rings. The van der Waals surface area contributed by atoms with Crippen LogP contribution in [0.25, 0.3) is 0 Å². The summed E-state index contributed by atoms with van der Waals surface area (Å²) >= 11 is 0.